The minimum atomic E-state index is -4.69. The van der Waals surface area contributed by atoms with Crippen LogP contribution in [-0.4, -0.2) is 51.2 Å². The van der Waals surface area contributed by atoms with Gasteiger partial charge in [0.15, 0.2) is 12.4 Å². The molecule has 13 heteroatoms. The van der Waals surface area contributed by atoms with Gasteiger partial charge in [-0.25, -0.2) is 4.98 Å². The van der Waals surface area contributed by atoms with Gasteiger partial charge in [-0.15, -0.1) is 0 Å². The molecule has 2 amide bonds. The molecule has 0 bridgehead atoms. The summed E-state index contributed by atoms with van der Waals surface area (Å²) in [7, 11) is 0. The summed E-state index contributed by atoms with van der Waals surface area (Å²) in [6, 6.07) is 14.9. The molecular formula is C22H19F3N6O4. The van der Waals surface area contributed by atoms with E-state index in [1.807, 2.05) is 6.07 Å². The van der Waals surface area contributed by atoms with E-state index in [0.717, 1.165) is 4.57 Å². The van der Waals surface area contributed by atoms with Crippen molar-refractivity contribution in [2.75, 3.05) is 19.7 Å². The van der Waals surface area contributed by atoms with E-state index in [2.05, 4.69) is 25.8 Å². The smallest absolute Gasteiger partial charge is 0.449 e. The Labute approximate surface area is 196 Å². The molecule has 0 unspecified atom stereocenters. The Bertz CT molecular complexity index is 1320. The monoisotopic (exact) mass is 488 g/mol. The molecule has 4 rings (SSSR count). The second-order valence-electron chi connectivity index (χ2n) is 7.23. The van der Waals surface area contributed by atoms with Crippen molar-refractivity contribution in [1.82, 2.24) is 30.3 Å². The lowest BCUT2D eigenvalue weighted by atomic mass is 10.3. The van der Waals surface area contributed by atoms with Gasteiger partial charge in [-0.3, -0.25) is 9.59 Å². The van der Waals surface area contributed by atoms with E-state index >= 15 is 0 Å². The maximum atomic E-state index is 13.4. The number of carbonyl (C=O) groups excluding carboxylic acids is 2. The van der Waals surface area contributed by atoms with E-state index in [-0.39, 0.29) is 42.5 Å². The van der Waals surface area contributed by atoms with Crippen molar-refractivity contribution < 1.29 is 32.0 Å². The van der Waals surface area contributed by atoms with Crippen LogP contribution in [0.2, 0.25) is 0 Å². The predicted octanol–water partition coefficient (Wildman–Crippen LogP) is 2.41. The molecule has 0 fully saturated rings. The molecule has 0 aliphatic carbocycles. The largest absolute Gasteiger partial charge is 0.484 e. The number of benzene rings is 2. The Morgan fingerprint density at radius 2 is 1.69 bits per heavy atom. The molecule has 0 spiro atoms. The number of para-hydroxylation sites is 3. The number of ether oxygens (including phenoxy) is 1. The van der Waals surface area contributed by atoms with Crippen LogP contribution in [0.15, 0.2) is 59.1 Å². The number of carbonyl (C=O) groups is 2. The van der Waals surface area contributed by atoms with Gasteiger partial charge in [-0.1, -0.05) is 35.5 Å². The van der Waals surface area contributed by atoms with Crippen molar-refractivity contribution in [2.24, 2.45) is 0 Å². The third-order valence-corrected chi connectivity index (χ3v) is 4.72. The first kappa shape index (κ1) is 23.7. The molecule has 0 aliphatic heterocycles. The Kier molecular flexibility index (Phi) is 6.94. The number of nitrogens with one attached hydrogen (secondary N) is 2. The van der Waals surface area contributed by atoms with Crippen LogP contribution < -0.4 is 15.4 Å². The molecule has 0 radical (unpaired) electrons. The number of aromatic nitrogens is 4. The molecule has 182 valence electrons. The number of hydrogen-bond donors (Lipinski definition) is 2. The van der Waals surface area contributed by atoms with E-state index in [0.29, 0.717) is 5.75 Å². The highest BCUT2D eigenvalue weighted by Gasteiger charge is 2.38. The van der Waals surface area contributed by atoms with Crippen LogP contribution in [-0.2, 0) is 17.5 Å². The summed E-state index contributed by atoms with van der Waals surface area (Å²) in [5, 5.41) is 8.65. The average Bonchev–Trinajstić information content (AvgIpc) is 3.46. The number of imidazole rings is 1. The van der Waals surface area contributed by atoms with Crippen LogP contribution in [0.5, 0.6) is 5.75 Å². The van der Waals surface area contributed by atoms with Gasteiger partial charge in [0.1, 0.15) is 5.75 Å². The van der Waals surface area contributed by atoms with Crippen molar-refractivity contribution in [3.05, 3.63) is 72.1 Å². The van der Waals surface area contributed by atoms with Gasteiger partial charge >= 0.3 is 18.0 Å². The topological polar surface area (TPSA) is 124 Å². The summed E-state index contributed by atoms with van der Waals surface area (Å²) < 4.78 is 51.4. The second-order valence-corrected chi connectivity index (χ2v) is 7.23. The summed E-state index contributed by atoms with van der Waals surface area (Å²) in [6.07, 6.45) is -4.69. The fourth-order valence-electron chi connectivity index (χ4n) is 3.17. The van der Waals surface area contributed by atoms with Crippen LogP contribution in [0.3, 0.4) is 0 Å². The van der Waals surface area contributed by atoms with Gasteiger partial charge in [0, 0.05) is 13.1 Å². The molecule has 2 N–H and O–H groups in total. The highest BCUT2D eigenvalue weighted by molar-refractivity contribution is 5.89. The summed E-state index contributed by atoms with van der Waals surface area (Å²) >= 11 is 0. The molecule has 2 aromatic carbocycles. The molecule has 4 aromatic rings. The van der Waals surface area contributed by atoms with Crippen LogP contribution >= 0.6 is 0 Å². The van der Waals surface area contributed by atoms with Gasteiger partial charge in [-0.05, 0) is 24.3 Å². The number of alkyl halides is 3. The van der Waals surface area contributed by atoms with Gasteiger partial charge in [-0.2, -0.15) is 18.2 Å². The van der Waals surface area contributed by atoms with Gasteiger partial charge in [0.2, 0.25) is 5.82 Å². The Morgan fingerprint density at radius 3 is 2.46 bits per heavy atom. The summed E-state index contributed by atoms with van der Waals surface area (Å²) in [4.78, 5) is 31.5. The first-order valence-electron chi connectivity index (χ1n) is 10.4. The number of fused-ring (bicyclic) bond motifs is 1. The third-order valence-electron chi connectivity index (χ3n) is 4.72. The normalized spacial score (nSPS) is 11.4. The van der Waals surface area contributed by atoms with Crippen molar-refractivity contribution in [2.45, 2.75) is 12.7 Å². The number of amides is 2. The van der Waals surface area contributed by atoms with Crippen molar-refractivity contribution >= 4 is 22.8 Å². The Balaban J connectivity index is 1.29. The number of nitrogens with zero attached hydrogens (tertiary/aromatic N) is 4. The van der Waals surface area contributed by atoms with Crippen molar-refractivity contribution in [1.29, 1.82) is 0 Å². The lowest BCUT2D eigenvalue weighted by molar-refractivity contribution is -0.146. The van der Waals surface area contributed by atoms with Gasteiger partial charge in [0.05, 0.1) is 17.6 Å². The van der Waals surface area contributed by atoms with Crippen LogP contribution in [0.4, 0.5) is 13.2 Å². The van der Waals surface area contributed by atoms with E-state index in [1.54, 1.807) is 36.4 Å². The fourth-order valence-corrected chi connectivity index (χ4v) is 3.17. The molecule has 10 nitrogen and oxygen atoms in total. The van der Waals surface area contributed by atoms with Gasteiger partial charge in [0.25, 0.3) is 5.91 Å². The second kappa shape index (κ2) is 10.2. The zero-order valence-corrected chi connectivity index (χ0v) is 18.1. The molecule has 0 saturated heterocycles. The summed E-state index contributed by atoms with van der Waals surface area (Å²) in [6.45, 7) is -0.422. The lowest BCUT2D eigenvalue weighted by Gasteiger charge is -2.09. The highest BCUT2D eigenvalue weighted by atomic mass is 19.4. The third kappa shape index (κ3) is 5.93. The van der Waals surface area contributed by atoms with E-state index < -0.39 is 30.3 Å². The van der Waals surface area contributed by atoms with Crippen molar-refractivity contribution in [3.63, 3.8) is 0 Å². The first-order chi connectivity index (χ1) is 16.8. The standard InChI is InChI=1S/C22H19F3N6O4/c23-22(24,25)21-28-15-8-4-5-9-16(15)31(21)12-17-29-20(35-30-17)19(33)27-11-10-26-18(32)13-34-14-6-2-1-3-7-14/h1-9H,10-13H2,(H,26,32)(H,27,33). The minimum Gasteiger partial charge on any atom is -0.484 e. The molecule has 2 heterocycles. The summed E-state index contributed by atoms with van der Waals surface area (Å²) in [5.41, 5.74) is 0.403. The SMILES string of the molecule is O=C(COc1ccccc1)NCCNC(=O)c1nc(Cn2c(C(F)(F)F)nc3ccccc32)no1. The molecule has 0 atom stereocenters. The lowest BCUT2D eigenvalue weighted by Crippen LogP contribution is -2.36. The zero-order chi connectivity index (χ0) is 24.8. The number of rotatable bonds is 9. The van der Waals surface area contributed by atoms with E-state index in [1.165, 1.54) is 12.1 Å². The first-order valence-corrected chi connectivity index (χ1v) is 10.4. The molecule has 35 heavy (non-hydrogen) atoms. The van der Waals surface area contributed by atoms with E-state index in [9.17, 15) is 22.8 Å². The van der Waals surface area contributed by atoms with Crippen LogP contribution in [0.25, 0.3) is 11.0 Å². The Morgan fingerprint density at radius 1 is 0.971 bits per heavy atom. The Hall–Kier alpha value is -4.42. The van der Waals surface area contributed by atoms with Gasteiger partial charge < -0.3 is 24.5 Å². The molecular weight excluding hydrogens is 469 g/mol. The maximum Gasteiger partial charge on any atom is 0.449 e. The number of halogens is 3. The maximum absolute atomic E-state index is 13.4. The quantitative estimate of drug-likeness (QED) is 0.347. The fraction of sp³-hybridized carbons (Fsp3) is 0.227. The van der Waals surface area contributed by atoms with Crippen molar-refractivity contribution in [3.8, 4) is 5.75 Å². The molecule has 0 saturated carbocycles. The van der Waals surface area contributed by atoms with E-state index in [4.69, 9.17) is 9.26 Å². The van der Waals surface area contributed by atoms with Crippen LogP contribution in [0.1, 0.15) is 22.3 Å². The number of hydrogen-bond acceptors (Lipinski definition) is 7. The highest BCUT2D eigenvalue weighted by Crippen LogP contribution is 2.31. The zero-order valence-electron chi connectivity index (χ0n) is 18.1. The van der Waals surface area contributed by atoms with Crippen LogP contribution in [0, 0.1) is 0 Å². The minimum absolute atomic E-state index is 0.0536. The molecule has 0 aliphatic rings. The average molecular weight is 488 g/mol. The summed E-state index contributed by atoms with van der Waals surface area (Å²) in [5.74, 6) is -2.22. The molecule has 2 aromatic heterocycles. The predicted molar refractivity (Wildman–Crippen MR) is 115 cm³/mol.